The van der Waals surface area contributed by atoms with E-state index in [0.29, 0.717) is 11.4 Å². The standard InChI is InChI=1S/C7H10N3OP/c1-10-12(9)11-7-4-2-3-6(8)5-7/h2-5,9,12H,1,8H2. The minimum atomic E-state index is -1.89. The fourth-order valence-corrected chi connectivity index (χ4v) is 1.14. The summed E-state index contributed by atoms with van der Waals surface area (Å²) in [4.78, 5) is 0. The number of hydrogen-bond donors (Lipinski definition) is 2. The maximum atomic E-state index is 7.24. The van der Waals surface area contributed by atoms with Gasteiger partial charge in [0, 0.05) is 11.8 Å². The van der Waals surface area contributed by atoms with Crippen LogP contribution < -0.4 is 10.3 Å². The molecule has 1 aromatic rings. The SMILES string of the molecule is C=N[PH](=N)Oc1cccc(N)c1. The van der Waals surface area contributed by atoms with Gasteiger partial charge in [-0.15, -0.1) is 0 Å². The Morgan fingerprint density at radius 2 is 2.33 bits per heavy atom. The van der Waals surface area contributed by atoms with E-state index in [1.807, 2.05) is 0 Å². The van der Waals surface area contributed by atoms with E-state index < -0.39 is 8.09 Å². The third-order valence-corrected chi connectivity index (χ3v) is 1.93. The fraction of sp³-hybridized carbons (Fsp3) is 0. The highest BCUT2D eigenvalue weighted by Crippen LogP contribution is 2.28. The zero-order valence-corrected chi connectivity index (χ0v) is 7.45. The van der Waals surface area contributed by atoms with E-state index in [-0.39, 0.29) is 0 Å². The minimum Gasteiger partial charge on any atom is -0.444 e. The lowest BCUT2D eigenvalue weighted by Gasteiger charge is -2.03. The molecule has 3 N–H and O–H groups in total. The number of benzene rings is 1. The molecule has 0 saturated heterocycles. The van der Waals surface area contributed by atoms with Gasteiger partial charge in [-0.1, -0.05) is 6.07 Å². The summed E-state index contributed by atoms with van der Waals surface area (Å²) in [7, 11) is -1.89. The van der Waals surface area contributed by atoms with Gasteiger partial charge in [0.15, 0.2) is 0 Å². The Kier molecular flexibility index (Phi) is 2.88. The Hall–Kier alpha value is -1.28. The van der Waals surface area contributed by atoms with Crippen molar-refractivity contribution >= 4 is 20.5 Å². The summed E-state index contributed by atoms with van der Waals surface area (Å²) in [6, 6.07) is 6.92. The molecule has 0 aliphatic heterocycles. The average Bonchev–Trinajstić information content (AvgIpc) is 2.04. The quantitative estimate of drug-likeness (QED) is 0.428. The molecule has 5 heteroatoms. The van der Waals surface area contributed by atoms with Crippen LogP contribution in [0, 0.1) is 5.16 Å². The summed E-state index contributed by atoms with van der Waals surface area (Å²) in [6.45, 7) is 3.23. The van der Waals surface area contributed by atoms with E-state index in [2.05, 4.69) is 11.5 Å². The number of rotatable bonds is 3. The Morgan fingerprint density at radius 1 is 1.58 bits per heavy atom. The zero-order chi connectivity index (χ0) is 8.97. The van der Waals surface area contributed by atoms with Crippen molar-refractivity contribution in [3.05, 3.63) is 24.3 Å². The largest absolute Gasteiger partial charge is 0.444 e. The van der Waals surface area contributed by atoms with E-state index in [9.17, 15) is 0 Å². The Morgan fingerprint density at radius 3 is 2.92 bits per heavy atom. The smallest absolute Gasteiger partial charge is 0.230 e. The molecule has 64 valence electrons. The second-order valence-electron chi connectivity index (χ2n) is 2.14. The molecule has 0 amide bonds. The lowest BCUT2D eigenvalue weighted by atomic mass is 10.3. The van der Waals surface area contributed by atoms with Gasteiger partial charge in [-0.25, -0.2) is 4.76 Å². The van der Waals surface area contributed by atoms with E-state index in [0.717, 1.165) is 0 Å². The highest BCUT2D eigenvalue weighted by molar-refractivity contribution is 7.39. The lowest BCUT2D eigenvalue weighted by Crippen LogP contribution is -1.84. The molecule has 4 nitrogen and oxygen atoms in total. The molecule has 0 spiro atoms. The summed E-state index contributed by atoms with van der Waals surface area (Å²) in [5.74, 6) is 0.575. The van der Waals surface area contributed by atoms with Gasteiger partial charge in [0.05, 0.1) is 0 Å². The van der Waals surface area contributed by atoms with Gasteiger partial charge in [0.2, 0.25) is 8.09 Å². The first-order chi connectivity index (χ1) is 5.72. The maximum Gasteiger partial charge on any atom is 0.230 e. The molecule has 0 aliphatic carbocycles. The Bertz CT molecular complexity index is 313. The molecule has 0 heterocycles. The lowest BCUT2D eigenvalue weighted by molar-refractivity contribution is 0.621. The molecule has 0 bridgehead atoms. The zero-order valence-electron chi connectivity index (χ0n) is 6.45. The highest BCUT2D eigenvalue weighted by atomic mass is 31.1. The molecule has 0 aromatic heterocycles. The summed E-state index contributed by atoms with van der Waals surface area (Å²) >= 11 is 0. The van der Waals surface area contributed by atoms with Crippen LogP contribution in [0.5, 0.6) is 5.75 Å². The molecule has 1 rings (SSSR count). The van der Waals surface area contributed by atoms with Crippen LogP contribution in [-0.4, -0.2) is 6.72 Å². The van der Waals surface area contributed by atoms with Crippen molar-refractivity contribution in [2.24, 2.45) is 4.76 Å². The van der Waals surface area contributed by atoms with Crippen LogP contribution in [0.15, 0.2) is 29.0 Å². The first kappa shape index (κ1) is 8.81. The van der Waals surface area contributed by atoms with E-state index in [1.54, 1.807) is 24.3 Å². The number of nitrogens with one attached hydrogen (secondary N) is 1. The first-order valence-electron chi connectivity index (χ1n) is 3.31. The Labute approximate surface area is 71.5 Å². The van der Waals surface area contributed by atoms with Gasteiger partial charge >= 0.3 is 0 Å². The number of nitrogen functional groups attached to an aromatic ring is 1. The van der Waals surface area contributed by atoms with Crippen LogP contribution >= 0.6 is 8.09 Å². The Balaban J connectivity index is 2.76. The van der Waals surface area contributed by atoms with Gasteiger partial charge in [-0.05, 0) is 18.9 Å². The first-order valence-corrected chi connectivity index (χ1v) is 4.66. The van der Waals surface area contributed by atoms with Gasteiger partial charge in [-0.3, -0.25) is 5.16 Å². The van der Waals surface area contributed by atoms with Gasteiger partial charge in [0.25, 0.3) is 0 Å². The maximum absolute atomic E-state index is 7.24. The fourth-order valence-electron chi connectivity index (χ4n) is 0.722. The predicted octanol–water partition coefficient (Wildman–Crippen LogP) is 2.15. The van der Waals surface area contributed by atoms with Gasteiger partial charge in [0.1, 0.15) is 5.75 Å². The van der Waals surface area contributed by atoms with Crippen molar-refractivity contribution < 1.29 is 4.52 Å². The summed E-state index contributed by atoms with van der Waals surface area (Å²) in [5, 5.41) is 7.24. The van der Waals surface area contributed by atoms with Crippen molar-refractivity contribution in [1.82, 2.24) is 0 Å². The second-order valence-corrected chi connectivity index (χ2v) is 3.27. The van der Waals surface area contributed by atoms with Gasteiger partial charge in [-0.2, -0.15) is 0 Å². The van der Waals surface area contributed by atoms with Crippen molar-refractivity contribution in [2.45, 2.75) is 0 Å². The van der Waals surface area contributed by atoms with Crippen LogP contribution in [0.2, 0.25) is 0 Å². The van der Waals surface area contributed by atoms with Crippen molar-refractivity contribution in [2.75, 3.05) is 5.73 Å². The summed E-state index contributed by atoms with van der Waals surface area (Å²) in [5.41, 5.74) is 6.12. The van der Waals surface area contributed by atoms with Gasteiger partial charge < -0.3 is 10.3 Å². The molecular weight excluding hydrogens is 173 g/mol. The number of nitrogens with zero attached hydrogens (tertiary/aromatic N) is 1. The molecule has 12 heavy (non-hydrogen) atoms. The molecule has 1 atom stereocenters. The topological polar surface area (TPSA) is 71.5 Å². The van der Waals surface area contributed by atoms with Crippen LogP contribution in [0.3, 0.4) is 0 Å². The van der Waals surface area contributed by atoms with Crippen LogP contribution in [0.1, 0.15) is 0 Å². The number of hydrogen-bond acceptors (Lipinski definition) is 3. The number of anilines is 1. The molecular formula is C7H10N3OP. The van der Waals surface area contributed by atoms with E-state index in [1.165, 1.54) is 0 Å². The predicted molar refractivity (Wildman–Crippen MR) is 52.1 cm³/mol. The average molecular weight is 183 g/mol. The molecule has 0 saturated carbocycles. The van der Waals surface area contributed by atoms with Crippen LogP contribution in [-0.2, 0) is 0 Å². The number of nitrogens with two attached hydrogens (primary N) is 1. The van der Waals surface area contributed by atoms with Crippen LogP contribution in [0.25, 0.3) is 0 Å². The molecule has 1 aromatic carbocycles. The molecule has 0 aliphatic rings. The second kappa shape index (κ2) is 3.93. The monoisotopic (exact) mass is 183 g/mol. The highest BCUT2D eigenvalue weighted by Gasteiger charge is 1.94. The third-order valence-electron chi connectivity index (χ3n) is 1.22. The van der Waals surface area contributed by atoms with Crippen molar-refractivity contribution in [1.29, 1.82) is 5.16 Å². The minimum absolute atomic E-state index is 0.575. The molecule has 1 unspecified atom stereocenters. The van der Waals surface area contributed by atoms with E-state index >= 15 is 0 Å². The summed E-state index contributed by atoms with van der Waals surface area (Å²) < 4.78 is 8.57. The molecule has 0 radical (unpaired) electrons. The summed E-state index contributed by atoms with van der Waals surface area (Å²) in [6.07, 6.45) is 0. The van der Waals surface area contributed by atoms with Crippen molar-refractivity contribution in [3.8, 4) is 5.75 Å². The molecule has 0 fully saturated rings. The van der Waals surface area contributed by atoms with E-state index in [4.69, 9.17) is 15.4 Å². The normalized spacial score (nSPS) is 12.0. The van der Waals surface area contributed by atoms with Crippen LogP contribution in [0.4, 0.5) is 5.69 Å². The van der Waals surface area contributed by atoms with Crippen molar-refractivity contribution in [3.63, 3.8) is 0 Å². The third kappa shape index (κ3) is 2.40.